The molecule has 0 aliphatic carbocycles. The highest BCUT2D eigenvalue weighted by molar-refractivity contribution is 5.91. The number of anilines is 3. The normalized spacial score (nSPS) is 17.0. The van der Waals surface area contributed by atoms with Gasteiger partial charge in [0.25, 0.3) is 0 Å². The molecule has 1 amide bonds. The van der Waals surface area contributed by atoms with Crippen LogP contribution in [0.15, 0.2) is 36.7 Å². The lowest BCUT2D eigenvalue weighted by Gasteiger charge is -2.23. The van der Waals surface area contributed by atoms with E-state index in [9.17, 15) is 4.79 Å². The van der Waals surface area contributed by atoms with Crippen molar-refractivity contribution in [1.82, 2.24) is 15.1 Å². The molecule has 1 aliphatic heterocycles. The van der Waals surface area contributed by atoms with Crippen LogP contribution in [0.1, 0.15) is 6.42 Å². The number of amides is 1. The molecule has 8 heteroatoms. The molecule has 1 unspecified atom stereocenters. The smallest absolute Gasteiger partial charge is 0.226 e. The summed E-state index contributed by atoms with van der Waals surface area (Å²) in [4.78, 5) is 12.1. The lowest BCUT2D eigenvalue weighted by atomic mass is 10.2. The van der Waals surface area contributed by atoms with Crippen molar-refractivity contribution in [3.63, 3.8) is 0 Å². The van der Waals surface area contributed by atoms with Crippen LogP contribution in [0.5, 0.6) is 0 Å². The number of nitrogens with one attached hydrogen (secondary N) is 3. The molecule has 3 N–H and O–H groups in total. The van der Waals surface area contributed by atoms with Crippen LogP contribution in [0.25, 0.3) is 0 Å². The molecule has 7 nitrogen and oxygen atoms in total. The second-order valence-corrected chi connectivity index (χ2v) is 5.59. The van der Waals surface area contributed by atoms with E-state index < -0.39 is 0 Å². The number of nitrogens with zero attached hydrogens (tertiary/aromatic N) is 2. The Balaban J connectivity index is 0.00000208. The van der Waals surface area contributed by atoms with Crippen LogP contribution >= 0.6 is 12.4 Å². The van der Waals surface area contributed by atoms with Gasteiger partial charge in [0.1, 0.15) is 0 Å². The van der Waals surface area contributed by atoms with Gasteiger partial charge < -0.3 is 20.7 Å². The number of carbonyl (C=O) groups is 1. The summed E-state index contributed by atoms with van der Waals surface area (Å²) in [6.07, 6.45) is 4.04. The number of rotatable bonds is 5. The van der Waals surface area contributed by atoms with E-state index in [1.807, 2.05) is 37.5 Å². The standard InChI is InChI=1S/C16H21N5O2.ClH/c1-21-10-15(9-18-21)19-12-3-2-4-13(7-12)20-16(22)8-14-11-23-6-5-17-14;/h2-4,7,9-10,14,17,19H,5-6,8,11H2,1H3,(H,20,22);1H. The van der Waals surface area contributed by atoms with Crippen LogP contribution in [0.3, 0.4) is 0 Å². The van der Waals surface area contributed by atoms with Gasteiger partial charge in [0, 0.05) is 43.6 Å². The van der Waals surface area contributed by atoms with Crippen molar-refractivity contribution in [3.05, 3.63) is 36.7 Å². The Labute approximate surface area is 147 Å². The summed E-state index contributed by atoms with van der Waals surface area (Å²) in [7, 11) is 1.87. The molecule has 3 rings (SSSR count). The third kappa shape index (κ3) is 5.23. The summed E-state index contributed by atoms with van der Waals surface area (Å²) in [6.45, 7) is 2.08. The van der Waals surface area contributed by atoms with Gasteiger partial charge in [-0.15, -0.1) is 12.4 Å². The number of aromatic nitrogens is 2. The lowest BCUT2D eigenvalue weighted by Crippen LogP contribution is -2.43. The third-order valence-corrected chi connectivity index (χ3v) is 3.57. The highest BCUT2D eigenvalue weighted by Crippen LogP contribution is 2.19. The number of benzene rings is 1. The van der Waals surface area contributed by atoms with Gasteiger partial charge in [-0.1, -0.05) is 6.07 Å². The molecule has 24 heavy (non-hydrogen) atoms. The molecule has 1 aromatic carbocycles. The number of hydrogen-bond acceptors (Lipinski definition) is 5. The predicted molar refractivity (Wildman–Crippen MR) is 96.0 cm³/mol. The van der Waals surface area contributed by atoms with Gasteiger partial charge in [0.05, 0.1) is 25.1 Å². The first-order chi connectivity index (χ1) is 11.2. The zero-order chi connectivity index (χ0) is 16.1. The Morgan fingerprint density at radius 3 is 2.96 bits per heavy atom. The first-order valence-corrected chi connectivity index (χ1v) is 7.66. The fourth-order valence-corrected chi connectivity index (χ4v) is 2.51. The first-order valence-electron chi connectivity index (χ1n) is 7.66. The second-order valence-electron chi connectivity index (χ2n) is 5.59. The highest BCUT2D eigenvalue weighted by atomic mass is 35.5. The van der Waals surface area contributed by atoms with Crippen molar-refractivity contribution in [1.29, 1.82) is 0 Å². The minimum Gasteiger partial charge on any atom is -0.378 e. The Kier molecular flexibility index (Phi) is 6.60. The van der Waals surface area contributed by atoms with Gasteiger partial charge in [-0.25, -0.2) is 0 Å². The van der Waals surface area contributed by atoms with E-state index in [1.165, 1.54) is 0 Å². The molecule has 1 atom stereocenters. The van der Waals surface area contributed by atoms with Crippen molar-refractivity contribution < 1.29 is 9.53 Å². The zero-order valence-corrected chi connectivity index (χ0v) is 14.3. The van der Waals surface area contributed by atoms with Crippen molar-refractivity contribution in [3.8, 4) is 0 Å². The van der Waals surface area contributed by atoms with E-state index in [2.05, 4.69) is 21.0 Å². The number of halogens is 1. The molecule has 0 spiro atoms. The second kappa shape index (κ2) is 8.68. The average molecular weight is 352 g/mol. The summed E-state index contributed by atoms with van der Waals surface area (Å²) in [5.41, 5.74) is 2.56. The molecule has 0 radical (unpaired) electrons. The largest absolute Gasteiger partial charge is 0.378 e. The minimum absolute atomic E-state index is 0. The van der Waals surface area contributed by atoms with Crippen LogP contribution in [0, 0.1) is 0 Å². The Morgan fingerprint density at radius 1 is 1.42 bits per heavy atom. The van der Waals surface area contributed by atoms with Crippen molar-refractivity contribution in [2.75, 3.05) is 30.4 Å². The fourth-order valence-electron chi connectivity index (χ4n) is 2.51. The Morgan fingerprint density at radius 2 is 2.25 bits per heavy atom. The summed E-state index contributed by atoms with van der Waals surface area (Å²) < 4.78 is 7.09. The number of morpholine rings is 1. The van der Waals surface area contributed by atoms with Crippen LogP contribution < -0.4 is 16.0 Å². The Hall–Kier alpha value is -2.09. The van der Waals surface area contributed by atoms with E-state index in [0.717, 1.165) is 23.6 Å². The maximum Gasteiger partial charge on any atom is 0.226 e. The van der Waals surface area contributed by atoms with Gasteiger partial charge in [0.2, 0.25) is 5.91 Å². The molecule has 1 saturated heterocycles. The van der Waals surface area contributed by atoms with Gasteiger partial charge in [0.15, 0.2) is 0 Å². The van der Waals surface area contributed by atoms with Crippen LogP contribution in [-0.4, -0.2) is 41.5 Å². The van der Waals surface area contributed by atoms with E-state index >= 15 is 0 Å². The molecule has 130 valence electrons. The van der Waals surface area contributed by atoms with Gasteiger partial charge in [-0.05, 0) is 18.2 Å². The molecule has 0 bridgehead atoms. The molecule has 1 aliphatic rings. The minimum atomic E-state index is -0.0217. The topological polar surface area (TPSA) is 80.2 Å². The van der Waals surface area contributed by atoms with Crippen LogP contribution in [0.4, 0.5) is 17.1 Å². The number of aryl methyl sites for hydroxylation is 1. The zero-order valence-electron chi connectivity index (χ0n) is 13.5. The molecule has 2 aromatic rings. The summed E-state index contributed by atoms with van der Waals surface area (Å²) in [5, 5.41) is 13.6. The predicted octanol–water partition coefficient (Wildman–Crippen LogP) is 1.90. The summed E-state index contributed by atoms with van der Waals surface area (Å²) >= 11 is 0. The summed E-state index contributed by atoms with van der Waals surface area (Å²) in [5.74, 6) is -0.0217. The summed E-state index contributed by atoms with van der Waals surface area (Å²) in [6, 6.07) is 7.70. The van der Waals surface area contributed by atoms with Gasteiger partial charge in [-0.3, -0.25) is 9.48 Å². The Bertz CT molecular complexity index is 670. The monoisotopic (exact) mass is 351 g/mol. The molecular weight excluding hydrogens is 330 g/mol. The lowest BCUT2D eigenvalue weighted by molar-refractivity contribution is -0.117. The molecule has 0 saturated carbocycles. The van der Waals surface area contributed by atoms with Gasteiger partial charge in [-0.2, -0.15) is 5.10 Å². The molecular formula is C16H22ClN5O2. The maximum atomic E-state index is 12.1. The van der Waals surface area contributed by atoms with Crippen molar-refractivity contribution >= 4 is 35.4 Å². The highest BCUT2D eigenvalue weighted by Gasteiger charge is 2.16. The average Bonchev–Trinajstić information content (AvgIpc) is 2.93. The van der Waals surface area contributed by atoms with Gasteiger partial charge >= 0.3 is 0 Å². The first kappa shape index (κ1) is 18.3. The van der Waals surface area contributed by atoms with Crippen molar-refractivity contribution in [2.24, 2.45) is 7.05 Å². The number of hydrogen-bond donors (Lipinski definition) is 3. The van der Waals surface area contributed by atoms with E-state index in [4.69, 9.17) is 4.74 Å². The number of carbonyl (C=O) groups excluding carboxylic acids is 1. The number of ether oxygens (including phenoxy) is 1. The SMILES string of the molecule is Cl.Cn1cc(Nc2cccc(NC(=O)CC3COCCN3)c2)cn1. The molecule has 1 aromatic heterocycles. The molecule has 1 fully saturated rings. The third-order valence-electron chi connectivity index (χ3n) is 3.57. The van der Waals surface area contributed by atoms with E-state index in [-0.39, 0.29) is 24.4 Å². The quantitative estimate of drug-likeness (QED) is 0.766. The van der Waals surface area contributed by atoms with E-state index in [1.54, 1.807) is 10.9 Å². The van der Waals surface area contributed by atoms with Crippen LogP contribution in [-0.2, 0) is 16.6 Å². The van der Waals surface area contributed by atoms with Crippen LogP contribution in [0.2, 0.25) is 0 Å². The van der Waals surface area contributed by atoms with Crippen molar-refractivity contribution in [2.45, 2.75) is 12.5 Å². The van der Waals surface area contributed by atoms with E-state index in [0.29, 0.717) is 19.6 Å². The molecule has 2 heterocycles. The maximum absolute atomic E-state index is 12.1. The fraction of sp³-hybridized carbons (Fsp3) is 0.375.